The van der Waals surface area contributed by atoms with Crippen LogP contribution in [0.5, 0.6) is 0 Å². The number of carbonyl (C=O) groups is 2. The van der Waals surface area contributed by atoms with Crippen LogP contribution in [0.4, 0.5) is 4.39 Å². The molecule has 2 aromatic carbocycles. The number of carboxylic acid groups (broad SMARTS) is 1. The van der Waals surface area contributed by atoms with E-state index in [2.05, 4.69) is 11.8 Å². The monoisotopic (exact) mass is 326 g/mol. The van der Waals surface area contributed by atoms with Gasteiger partial charge in [0.05, 0.1) is 18.6 Å². The molecule has 0 unspecified atom stereocenters. The van der Waals surface area contributed by atoms with Crippen LogP contribution in [0.15, 0.2) is 42.5 Å². The average molecular weight is 326 g/mol. The molecular weight excluding hydrogens is 311 g/mol. The summed E-state index contributed by atoms with van der Waals surface area (Å²) < 4.78 is 18.7. The number of ether oxygens (including phenoxy) is 1. The van der Waals surface area contributed by atoms with Crippen LogP contribution >= 0.6 is 0 Å². The van der Waals surface area contributed by atoms with E-state index in [9.17, 15) is 14.0 Å². The lowest BCUT2D eigenvalue weighted by molar-refractivity contribution is -0.136. The first kappa shape index (κ1) is 17.2. The van der Waals surface area contributed by atoms with E-state index < -0.39 is 17.8 Å². The van der Waals surface area contributed by atoms with Crippen LogP contribution in [-0.4, -0.2) is 23.7 Å². The fraction of sp³-hybridized carbons (Fsp3) is 0.158. The first-order valence-electron chi connectivity index (χ1n) is 7.29. The number of aliphatic carboxylic acids is 1. The van der Waals surface area contributed by atoms with Gasteiger partial charge in [-0.1, -0.05) is 24.0 Å². The van der Waals surface area contributed by atoms with Crippen molar-refractivity contribution >= 4 is 11.9 Å². The second kappa shape index (κ2) is 7.93. The number of hydrogen-bond acceptors (Lipinski definition) is 3. The number of hydrogen-bond donors (Lipinski definition) is 1. The Morgan fingerprint density at radius 2 is 1.83 bits per heavy atom. The standard InChI is InChI=1S/C19H15FO4/c1-2-24-19(23)16-5-3-4-13(10-16)6-7-14-8-9-15(12-18(21)22)17(20)11-14/h3-5,8-11H,2,12H2,1H3,(H,21,22). The van der Waals surface area contributed by atoms with Crippen LogP contribution in [0.25, 0.3) is 0 Å². The summed E-state index contributed by atoms with van der Waals surface area (Å²) in [6, 6.07) is 10.8. The van der Waals surface area contributed by atoms with Gasteiger partial charge < -0.3 is 9.84 Å². The van der Waals surface area contributed by atoms with Gasteiger partial charge in [-0.15, -0.1) is 0 Å². The Hall–Kier alpha value is -3.13. The van der Waals surface area contributed by atoms with Gasteiger partial charge in [-0.3, -0.25) is 4.79 Å². The molecule has 5 heteroatoms. The predicted octanol–water partition coefficient (Wildman–Crippen LogP) is 3.03. The van der Waals surface area contributed by atoms with Crippen molar-refractivity contribution in [3.63, 3.8) is 0 Å². The zero-order valence-corrected chi connectivity index (χ0v) is 13.0. The van der Waals surface area contributed by atoms with E-state index >= 15 is 0 Å². The van der Waals surface area contributed by atoms with Crippen LogP contribution in [-0.2, 0) is 16.0 Å². The second-order valence-electron chi connectivity index (χ2n) is 4.93. The number of rotatable bonds is 4. The third-order valence-electron chi connectivity index (χ3n) is 3.12. The van der Waals surface area contributed by atoms with E-state index in [0.29, 0.717) is 16.7 Å². The van der Waals surface area contributed by atoms with Gasteiger partial charge in [0.1, 0.15) is 5.82 Å². The maximum absolute atomic E-state index is 13.8. The Bertz CT molecular complexity index is 831. The number of benzene rings is 2. The average Bonchev–Trinajstić information content (AvgIpc) is 2.55. The summed E-state index contributed by atoms with van der Waals surface area (Å²) in [4.78, 5) is 22.3. The SMILES string of the molecule is CCOC(=O)c1cccc(C#Cc2ccc(CC(=O)O)c(F)c2)c1. The smallest absolute Gasteiger partial charge is 0.338 e. The molecule has 0 aliphatic rings. The van der Waals surface area contributed by atoms with Gasteiger partial charge in [0.25, 0.3) is 0 Å². The molecule has 0 fully saturated rings. The largest absolute Gasteiger partial charge is 0.481 e. The highest BCUT2D eigenvalue weighted by Crippen LogP contribution is 2.11. The quantitative estimate of drug-likeness (QED) is 0.693. The summed E-state index contributed by atoms with van der Waals surface area (Å²) in [7, 11) is 0. The maximum Gasteiger partial charge on any atom is 0.338 e. The van der Waals surface area contributed by atoms with Crippen LogP contribution in [0.2, 0.25) is 0 Å². The van der Waals surface area contributed by atoms with Gasteiger partial charge in [0, 0.05) is 11.1 Å². The highest BCUT2D eigenvalue weighted by molar-refractivity contribution is 5.89. The van der Waals surface area contributed by atoms with Crippen LogP contribution in [0.3, 0.4) is 0 Å². The molecular formula is C19H15FO4. The second-order valence-corrected chi connectivity index (χ2v) is 4.93. The molecule has 2 aromatic rings. The summed E-state index contributed by atoms with van der Waals surface area (Å²) in [5, 5.41) is 8.69. The molecule has 0 bridgehead atoms. The highest BCUT2D eigenvalue weighted by Gasteiger charge is 2.07. The number of carbonyl (C=O) groups excluding carboxylic acids is 1. The zero-order chi connectivity index (χ0) is 17.5. The topological polar surface area (TPSA) is 63.6 Å². The highest BCUT2D eigenvalue weighted by atomic mass is 19.1. The normalized spacial score (nSPS) is 9.75. The maximum atomic E-state index is 13.8. The molecule has 0 aliphatic carbocycles. The van der Waals surface area contributed by atoms with E-state index in [4.69, 9.17) is 9.84 Å². The molecule has 0 atom stereocenters. The lowest BCUT2D eigenvalue weighted by Gasteiger charge is -2.01. The first-order valence-corrected chi connectivity index (χ1v) is 7.29. The van der Waals surface area contributed by atoms with Crippen molar-refractivity contribution < 1.29 is 23.8 Å². The third-order valence-corrected chi connectivity index (χ3v) is 3.12. The minimum atomic E-state index is -1.09. The predicted molar refractivity (Wildman–Crippen MR) is 86.1 cm³/mol. The molecule has 0 radical (unpaired) electrons. The van der Waals surface area contributed by atoms with Crippen molar-refractivity contribution in [3.05, 3.63) is 70.5 Å². The number of halogens is 1. The Morgan fingerprint density at radius 3 is 2.46 bits per heavy atom. The van der Waals surface area contributed by atoms with Crippen molar-refractivity contribution in [1.29, 1.82) is 0 Å². The Labute approximate surface area is 138 Å². The molecule has 0 heterocycles. The van der Waals surface area contributed by atoms with Crippen molar-refractivity contribution in [2.75, 3.05) is 6.61 Å². The molecule has 4 nitrogen and oxygen atoms in total. The Kier molecular flexibility index (Phi) is 5.69. The van der Waals surface area contributed by atoms with Crippen molar-refractivity contribution in [2.24, 2.45) is 0 Å². The van der Waals surface area contributed by atoms with E-state index in [1.54, 1.807) is 37.3 Å². The van der Waals surface area contributed by atoms with Crippen molar-refractivity contribution in [2.45, 2.75) is 13.3 Å². The summed E-state index contributed by atoms with van der Waals surface area (Å²) in [6.45, 7) is 2.01. The lowest BCUT2D eigenvalue weighted by atomic mass is 10.1. The molecule has 122 valence electrons. The minimum absolute atomic E-state index is 0.109. The van der Waals surface area contributed by atoms with Gasteiger partial charge in [0.15, 0.2) is 0 Å². The first-order chi connectivity index (χ1) is 11.5. The molecule has 0 spiro atoms. The van der Waals surface area contributed by atoms with Gasteiger partial charge >= 0.3 is 11.9 Å². The van der Waals surface area contributed by atoms with Crippen LogP contribution in [0, 0.1) is 17.7 Å². The molecule has 0 saturated heterocycles. The summed E-state index contributed by atoms with van der Waals surface area (Å²) >= 11 is 0. The lowest BCUT2D eigenvalue weighted by Crippen LogP contribution is -2.04. The molecule has 0 saturated carbocycles. The molecule has 1 N–H and O–H groups in total. The van der Waals surface area contributed by atoms with Gasteiger partial charge in [-0.2, -0.15) is 0 Å². The van der Waals surface area contributed by atoms with Gasteiger partial charge in [0.2, 0.25) is 0 Å². The summed E-state index contributed by atoms with van der Waals surface area (Å²) in [5.74, 6) is 3.51. The number of carboxylic acids is 1. The zero-order valence-electron chi connectivity index (χ0n) is 13.0. The van der Waals surface area contributed by atoms with E-state index in [1.807, 2.05) is 0 Å². The fourth-order valence-corrected chi connectivity index (χ4v) is 2.01. The molecule has 24 heavy (non-hydrogen) atoms. The minimum Gasteiger partial charge on any atom is -0.481 e. The van der Waals surface area contributed by atoms with Crippen LogP contribution < -0.4 is 0 Å². The van der Waals surface area contributed by atoms with E-state index in [1.165, 1.54) is 12.1 Å². The molecule has 0 amide bonds. The van der Waals surface area contributed by atoms with Crippen molar-refractivity contribution in [1.82, 2.24) is 0 Å². The molecule has 0 aromatic heterocycles. The third kappa shape index (κ3) is 4.68. The summed E-state index contributed by atoms with van der Waals surface area (Å²) in [6.07, 6.45) is -0.374. The van der Waals surface area contributed by atoms with E-state index in [-0.39, 0.29) is 18.6 Å². The summed E-state index contributed by atoms with van der Waals surface area (Å²) in [5.41, 5.74) is 1.52. The van der Waals surface area contributed by atoms with E-state index in [0.717, 1.165) is 0 Å². The Balaban J connectivity index is 2.21. The Morgan fingerprint density at radius 1 is 1.12 bits per heavy atom. The fourth-order valence-electron chi connectivity index (χ4n) is 2.01. The number of esters is 1. The molecule has 2 rings (SSSR count). The molecule has 0 aliphatic heterocycles. The van der Waals surface area contributed by atoms with Crippen LogP contribution in [0.1, 0.15) is 34.0 Å². The van der Waals surface area contributed by atoms with Gasteiger partial charge in [-0.05, 0) is 42.8 Å². The van der Waals surface area contributed by atoms with Gasteiger partial charge in [-0.25, -0.2) is 9.18 Å². The van der Waals surface area contributed by atoms with Crippen molar-refractivity contribution in [3.8, 4) is 11.8 Å².